The highest BCUT2D eigenvalue weighted by molar-refractivity contribution is 5.97. The van der Waals surface area contributed by atoms with Crippen LogP contribution in [0.1, 0.15) is 30.6 Å². The van der Waals surface area contributed by atoms with E-state index in [1.165, 1.54) is 0 Å². The third-order valence-electron chi connectivity index (χ3n) is 4.54. The molecule has 0 aliphatic carbocycles. The number of nitrogens with zero attached hydrogens (tertiary/aromatic N) is 3. The van der Waals surface area contributed by atoms with Crippen LogP contribution < -0.4 is 15.5 Å². The van der Waals surface area contributed by atoms with Crippen molar-refractivity contribution in [1.82, 2.24) is 15.5 Å². The highest BCUT2D eigenvalue weighted by atomic mass is 16.2. The van der Waals surface area contributed by atoms with Gasteiger partial charge in [0.1, 0.15) is 0 Å². The Morgan fingerprint density at radius 1 is 1.23 bits per heavy atom. The number of hydrogen-bond acceptors (Lipinski definition) is 5. The fraction of sp³-hybridized carbons (Fsp3) is 0.368. The number of benzene rings is 1. The first-order valence-corrected chi connectivity index (χ1v) is 8.81. The molecule has 7 nitrogen and oxygen atoms in total. The number of aromatic nitrogens is 2. The Morgan fingerprint density at radius 2 is 1.96 bits per heavy atom. The molecule has 136 valence electrons. The van der Waals surface area contributed by atoms with Gasteiger partial charge in [0.25, 0.3) is 5.91 Å². The van der Waals surface area contributed by atoms with Crippen molar-refractivity contribution in [3.63, 3.8) is 0 Å². The minimum atomic E-state index is -0.101. The van der Waals surface area contributed by atoms with E-state index < -0.39 is 0 Å². The second-order valence-corrected chi connectivity index (χ2v) is 6.53. The largest absolute Gasteiger partial charge is 0.353 e. The van der Waals surface area contributed by atoms with E-state index in [1.54, 1.807) is 30.5 Å². The molecule has 1 aromatic heterocycles. The molecule has 0 radical (unpaired) electrons. The maximum Gasteiger partial charge on any atom is 0.251 e. The van der Waals surface area contributed by atoms with Crippen molar-refractivity contribution >= 4 is 23.3 Å². The van der Waals surface area contributed by atoms with E-state index in [4.69, 9.17) is 0 Å². The van der Waals surface area contributed by atoms with Crippen molar-refractivity contribution in [1.29, 1.82) is 0 Å². The van der Waals surface area contributed by atoms with E-state index in [1.807, 2.05) is 30.9 Å². The van der Waals surface area contributed by atoms with Crippen LogP contribution in [0.15, 0.2) is 42.6 Å². The van der Waals surface area contributed by atoms with Gasteiger partial charge in [0.15, 0.2) is 5.82 Å². The summed E-state index contributed by atoms with van der Waals surface area (Å²) in [6.07, 6.45) is 2.51. The SMILES string of the molecule is CC[C@H](C)NC(=O)c1ccc(NC(=O)C2CN(c3cccnn3)C2)cc1. The van der Waals surface area contributed by atoms with E-state index in [2.05, 4.69) is 20.8 Å². The summed E-state index contributed by atoms with van der Waals surface area (Å²) >= 11 is 0. The van der Waals surface area contributed by atoms with Gasteiger partial charge >= 0.3 is 0 Å². The van der Waals surface area contributed by atoms with Crippen molar-refractivity contribution in [3.05, 3.63) is 48.2 Å². The molecule has 1 aliphatic rings. The summed E-state index contributed by atoms with van der Waals surface area (Å²) in [4.78, 5) is 26.4. The van der Waals surface area contributed by atoms with Gasteiger partial charge in [0, 0.05) is 36.6 Å². The van der Waals surface area contributed by atoms with E-state index in [0.29, 0.717) is 24.3 Å². The Bertz CT molecular complexity index is 757. The van der Waals surface area contributed by atoms with Gasteiger partial charge in [-0.3, -0.25) is 9.59 Å². The van der Waals surface area contributed by atoms with Crippen LogP contribution in [-0.4, -0.2) is 41.1 Å². The van der Waals surface area contributed by atoms with E-state index in [-0.39, 0.29) is 23.8 Å². The topological polar surface area (TPSA) is 87.2 Å². The molecule has 0 unspecified atom stereocenters. The van der Waals surface area contributed by atoms with Crippen molar-refractivity contribution in [2.75, 3.05) is 23.3 Å². The zero-order valence-corrected chi connectivity index (χ0v) is 15.0. The minimum Gasteiger partial charge on any atom is -0.353 e. The number of anilines is 2. The first kappa shape index (κ1) is 17.8. The molecule has 7 heteroatoms. The Kier molecular flexibility index (Phi) is 5.46. The molecule has 1 atom stereocenters. The van der Waals surface area contributed by atoms with Gasteiger partial charge in [-0.05, 0) is 49.7 Å². The summed E-state index contributed by atoms with van der Waals surface area (Å²) in [5.74, 6) is 0.580. The number of carbonyl (C=O) groups is 2. The Labute approximate surface area is 152 Å². The van der Waals surface area contributed by atoms with Crippen LogP contribution in [0.25, 0.3) is 0 Å². The van der Waals surface area contributed by atoms with Gasteiger partial charge in [-0.2, -0.15) is 5.10 Å². The lowest BCUT2D eigenvalue weighted by molar-refractivity contribution is -0.120. The molecule has 0 bridgehead atoms. The molecule has 0 saturated carbocycles. The third kappa shape index (κ3) is 4.17. The van der Waals surface area contributed by atoms with E-state index in [0.717, 1.165) is 12.2 Å². The number of hydrogen-bond donors (Lipinski definition) is 2. The average molecular weight is 353 g/mol. The highest BCUT2D eigenvalue weighted by Gasteiger charge is 2.33. The molecule has 1 fully saturated rings. The Hall–Kier alpha value is -2.96. The lowest BCUT2D eigenvalue weighted by Gasteiger charge is -2.38. The van der Waals surface area contributed by atoms with Crippen LogP contribution >= 0.6 is 0 Å². The second kappa shape index (κ2) is 7.95. The molecule has 2 aromatic rings. The smallest absolute Gasteiger partial charge is 0.251 e. The molecule has 3 rings (SSSR count). The van der Waals surface area contributed by atoms with Crippen molar-refractivity contribution < 1.29 is 9.59 Å². The molecule has 2 amide bonds. The molecule has 1 aromatic carbocycles. The number of nitrogens with one attached hydrogen (secondary N) is 2. The lowest BCUT2D eigenvalue weighted by Crippen LogP contribution is -2.52. The fourth-order valence-electron chi connectivity index (χ4n) is 2.65. The summed E-state index contributed by atoms with van der Waals surface area (Å²) < 4.78 is 0. The van der Waals surface area contributed by atoms with Crippen LogP contribution in [0.4, 0.5) is 11.5 Å². The maximum absolute atomic E-state index is 12.3. The minimum absolute atomic E-state index is 0.0260. The Morgan fingerprint density at radius 3 is 2.58 bits per heavy atom. The van der Waals surface area contributed by atoms with Gasteiger partial charge in [0.2, 0.25) is 5.91 Å². The fourth-order valence-corrected chi connectivity index (χ4v) is 2.65. The summed E-state index contributed by atoms with van der Waals surface area (Å²) in [5, 5.41) is 13.7. The molecule has 2 N–H and O–H groups in total. The van der Waals surface area contributed by atoms with Crippen LogP contribution in [0.2, 0.25) is 0 Å². The molecular weight excluding hydrogens is 330 g/mol. The van der Waals surface area contributed by atoms with Gasteiger partial charge in [0.05, 0.1) is 5.92 Å². The third-order valence-corrected chi connectivity index (χ3v) is 4.54. The van der Waals surface area contributed by atoms with Crippen molar-refractivity contribution in [3.8, 4) is 0 Å². The van der Waals surface area contributed by atoms with Crippen LogP contribution in [0.5, 0.6) is 0 Å². The molecule has 0 spiro atoms. The van der Waals surface area contributed by atoms with Gasteiger partial charge < -0.3 is 15.5 Å². The molecular formula is C19H23N5O2. The first-order chi connectivity index (χ1) is 12.6. The zero-order valence-electron chi connectivity index (χ0n) is 15.0. The molecule has 1 aliphatic heterocycles. The quantitative estimate of drug-likeness (QED) is 0.830. The summed E-state index contributed by atoms with van der Waals surface area (Å²) in [6, 6.07) is 10.8. The van der Waals surface area contributed by atoms with Crippen LogP contribution in [-0.2, 0) is 4.79 Å². The first-order valence-electron chi connectivity index (χ1n) is 8.81. The van der Waals surface area contributed by atoms with Crippen LogP contribution in [0.3, 0.4) is 0 Å². The lowest BCUT2D eigenvalue weighted by atomic mass is 9.99. The zero-order chi connectivity index (χ0) is 18.5. The number of rotatable bonds is 6. The summed E-state index contributed by atoms with van der Waals surface area (Å²) in [5.41, 5.74) is 1.27. The maximum atomic E-state index is 12.3. The average Bonchev–Trinajstić information content (AvgIpc) is 2.61. The molecule has 2 heterocycles. The summed E-state index contributed by atoms with van der Waals surface area (Å²) in [6.45, 7) is 5.24. The second-order valence-electron chi connectivity index (χ2n) is 6.53. The van der Waals surface area contributed by atoms with Crippen molar-refractivity contribution in [2.45, 2.75) is 26.3 Å². The monoisotopic (exact) mass is 353 g/mol. The van der Waals surface area contributed by atoms with Crippen LogP contribution in [0, 0.1) is 5.92 Å². The molecule has 1 saturated heterocycles. The highest BCUT2D eigenvalue weighted by Crippen LogP contribution is 2.23. The summed E-state index contributed by atoms with van der Waals surface area (Å²) in [7, 11) is 0. The van der Waals surface area contributed by atoms with Crippen molar-refractivity contribution in [2.24, 2.45) is 5.92 Å². The normalized spacial score (nSPS) is 15.1. The Balaban J connectivity index is 1.50. The number of amides is 2. The van der Waals surface area contributed by atoms with E-state index in [9.17, 15) is 9.59 Å². The van der Waals surface area contributed by atoms with Gasteiger partial charge in [-0.15, -0.1) is 5.10 Å². The standard InChI is InChI=1S/C19H23N5O2/c1-3-13(2)21-18(25)14-6-8-16(9-7-14)22-19(26)15-11-24(12-15)17-5-4-10-20-23-17/h4-10,13,15H,3,11-12H2,1-2H3,(H,21,25)(H,22,26)/t13-/m0/s1. The van der Waals surface area contributed by atoms with Gasteiger partial charge in [-0.1, -0.05) is 6.92 Å². The molecule has 26 heavy (non-hydrogen) atoms. The van der Waals surface area contributed by atoms with Gasteiger partial charge in [-0.25, -0.2) is 0 Å². The number of carbonyl (C=O) groups excluding carboxylic acids is 2. The van der Waals surface area contributed by atoms with E-state index >= 15 is 0 Å². The predicted molar refractivity (Wildman–Crippen MR) is 100 cm³/mol. The predicted octanol–water partition coefficient (Wildman–Crippen LogP) is 2.08.